The molecule has 1 saturated carbocycles. The molecule has 5 rings (SSSR count). The molecule has 3 aliphatic rings. The summed E-state index contributed by atoms with van der Waals surface area (Å²) in [5.41, 5.74) is 3.17. The highest BCUT2D eigenvalue weighted by Gasteiger charge is 2.51. The van der Waals surface area contributed by atoms with Crippen LogP contribution in [0.5, 0.6) is 5.75 Å². The minimum absolute atomic E-state index is 0.208. The molecule has 0 bridgehead atoms. The monoisotopic (exact) mass is 416 g/mol. The van der Waals surface area contributed by atoms with Crippen LogP contribution in [0.25, 0.3) is 0 Å². The molecule has 2 aliphatic heterocycles. The quantitative estimate of drug-likeness (QED) is 0.575. The van der Waals surface area contributed by atoms with Crippen molar-refractivity contribution in [3.8, 4) is 5.75 Å². The zero-order valence-corrected chi connectivity index (χ0v) is 16.1. The normalized spacial score (nSPS) is 23.2. The Morgan fingerprint density at radius 3 is 2.64 bits per heavy atom. The highest BCUT2D eigenvalue weighted by Crippen LogP contribution is 2.52. The average molecular weight is 418 g/mol. The molecule has 1 unspecified atom stereocenters. The maximum atomic E-state index is 6.51. The first-order chi connectivity index (χ1) is 12.1. The van der Waals surface area contributed by atoms with Gasteiger partial charge in [0.1, 0.15) is 5.75 Å². The first-order valence-corrected chi connectivity index (χ1v) is 9.93. The molecule has 0 radical (unpaired) electrons. The molecule has 1 atom stereocenters. The summed E-state index contributed by atoms with van der Waals surface area (Å²) in [5, 5.41) is 8.02. The summed E-state index contributed by atoms with van der Waals surface area (Å²) in [6, 6.07) is 14.6. The van der Waals surface area contributed by atoms with Crippen LogP contribution in [0, 0.1) is 0 Å². The molecule has 2 aromatic carbocycles. The standard InChI is InChI=1S/C20H18BrClN2O/c21-14-5-3-13(4-6-14)17-12-18-16-11-15(22)7-8-19(16)25-20(24(18)23-17)9-1-2-10-20/h3-8,11,18H,1-2,9-10,12H2. The summed E-state index contributed by atoms with van der Waals surface area (Å²) in [4.78, 5) is 0. The molecule has 0 aromatic heterocycles. The largest absolute Gasteiger partial charge is 0.466 e. The van der Waals surface area contributed by atoms with Crippen molar-refractivity contribution in [1.29, 1.82) is 0 Å². The summed E-state index contributed by atoms with van der Waals surface area (Å²) < 4.78 is 7.59. The SMILES string of the molecule is Clc1ccc2c(c1)C1CC(c3ccc(Br)cc3)=NN1C1(CCCC1)O2. The molecule has 2 aromatic rings. The molecule has 5 heteroatoms. The van der Waals surface area contributed by atoms with E-state index in [2.05, 4.69) is 45.2 Å². The predicted molar refractivity (Wildman–Crippen MR) is 103 cm³/mol. The van der Waals surface area contributed by atoms with Gasteiger partial charge in [0.25, 0.3) is 0 Å². The van der Waals surface area contributed by atoms with Crippen LogP contribution in [0.15, 0.2) is 52.0 Å². The van der Waals surface area contributed by atoms with Gasteiger partial charge in [-0.2, -0.15) is 5.10 Å². The van der Waals surface area contributed by atoms with E-state index < -0.39 is 0 Å². The third-order valence-corrected chi connectivity index (χ3v) is 6.28. The number of halogens is 2. The zero-order valence-electron chi connectivity index (χ0n) is 13.7. The number of rotatable bonds is 1. The fourth-order valence-electron chi connectivity index (χ4n) is 4.33. The molecular weight excluding hydrogens is 400 g/mol. The van der Waals surface area contributed by atoms with Crippen LogP contribution in [0.2, 0.25) is 5.02 Å². The van der Waals surface area contributed by atoms with E-state index in [1.807, 2.05) is 18.2 Å². The highest BCUT2D eigenvalue weighted by molar-refractivity contribution is 9.10. The Labute approximate surface area is 160 Å². The Morgan fingerprint density at radius 1 is 1.12 bits per heavy atom. The number of nitrogens with zero attached hydrogens (tertiary/aromatic N) is 2. The highest BCUT2D eigenvalue weighted by atomic mass is 79.9. The van der Waals surface area contributed by atoms with Gasteiger partial charge in [-0.1, -0.05) is 39.7 Å². The van der Waals surface area contributed by atoms with Crippen LogP contribution in [0.3, 0.4) is 0 Å². The van der Waals surface area contributed by atoms with Crippen LogP contribution in [0.4, 0.5) is 0 Å². The smallest absolute Gasteiger partial charge is 0.198 e. The summed E-state index contributed by atoms with van der Waals surface area (Å²) in [6.45, 7) is 0. The first-order valence-electron chi connectivity index (χ1n) is 8.76. The first kappa shape index (κ1) is 15.7. The van der Waals surface area contributed by atoms with E-state index in [9.17, 15) is 0 Å². The number of hydrazone groups is 1. The van der Waals surface area contributed by atoms with Gasteiger partial charge < -0.3 is 4.74 Å². The minimum atomic E-state index is -0.289. The van der Waals surface area contributed by atoms with E-state index in [0.717, 1.165) is 45.8 Å². The summed E-state index contributed by atoms with van der Waals surface area (Å²) in [5.74, 6) is 0.972. The minimum Gasteiger partial charge on any atom is -0.466 e. The Balaban J connectivity index is 1.60. The van der Waals surface area contributed by atoms with Gasteiger partial charge >= 0.3 is 0 Å². The van der Waals surface area contributed by atoms with E-state index in [1.54, 1.807) is 0 Å². The molecule has 3 nitrogen and oxygen atoms in total. The van der Waals surface area contributed by atoms with Gasteiger partial charge in [0.15, 0.2) is 5.72 Å². The predicted octanol–water partition coefficient (Wildman–Crippen LogP) is 5.92. The van der Waals surface area contributed by atoms with E-state index in [4.69, 9.17) is 21.4 Å². The molecule has 1 fully saturated rings. The van der Waals surface area contributed by atoms with Gasteiger partial charge in [-0.3, -0.25) is 0 Å². The number of hydrogen-bond donors (Lipinski definition) is 0. The van der Waals surface area contributed by atoms with Crippen LogP contribution in [0.1, 0.15) is 49.3 Å². The maximum Gasteiger partial charge on any atom is 0.198 e. The van der Waals surface area contributed by atoms with Gasteiger partial charge in [-0.15, -0.1) is 0 Å². The summed E-state index contributed by atoms with van der Waals surface area (Å²) >= 11 is 9.78. The van der Waals surface area contributed by atoms with Crippen molar-refractivity contribution in [1.82, 2.24) is 5.01 Å². The van der Waals surface area contributed by atoms with Crippen LogP contribution >= 0.6 is 27.5 Å². The lowest BCUT2D eigenvalue weighted by atomic mass is 9.94. The summed E-state index contributed by atoms with van der Waals surface area (Å²) in [7, 11) is 0. The molecule has 1 spiro atoms. The van der Waals surface area contributed by atoms with Crippen molar-refractivity contribution in [2.75, 3.05) is 0 Å². The number of hydrogen-bond acceptors (Lipinski definition) is 3. The molecular formula is C20H18BrClN2O. The lowest BCUT2D eigenvalue weighted by Crippen LogP contribution is -2.51. The van der Waals surface area contributed by atoms with Crippen molar-refractivity contribution in [3.05, 3.63) is 63.1 Å². The molecule has 1 aliphatic carbocycles. The van der Waals surface area contributed by atoms with Crippen LogP contribution in [-0.2, 0) is 0 Å². The maximum absolute atomic E-state index is 6.51. The number of ether oxygens (including phenoxy) is 1. The fourth-order valence-corrected chi connectivity index (χ4v) is 4.77. The van der Waals surface area contributed by atoms with Crippen molar-refractivity contribution >= 4 is 33.2 Å². The lowest BCUT2D eigenvalue weighted by Gasteiger charge is -2.45. The fraction of sp³-hybridized carbons (Fsp3) is 0.350. The Kier molecular flexibility index (Phi) is 3.61. The van der Waals surface area contributed by atoms with Crippen molar-refractivity contribution < 1.29 is 4.74 Å². The molecule has 0 N–H and O–H groups in total. The molecule has 128 valence electrons. The Bertz CT molecular complexity index is 858. The lowest BCUT2D eigenvalue weighted by molar-refractivity contribution is -0.114. The second-order valence-corrected chi connectivity index (χ2v) is 8.41. The Hall–Kier alpha value is -1.52. The molecule has 0 amide bonds. The zero-order chi connectivity index (χ0) is 17.0. The van der Waals surface area contributed by atoms with Crippen molar-refractivity contribution in [2.24, 2.45) is 5.10 Å². The topological polar surface area (TPSA) is 24.8 Å². The number of fused-ring (bicyclic) bond motifs is 4. The second-order valence-electron chi connectivity index (χ2n) is 7.06. The van der Waals surface area contributed by atoms with Crippen LogP contribution < -0.4 is 4.74 Å². The van der Waals surface area contributed by atoms with Gasteiger partial charge in [-0.25, -0.2) is 5.01 Å². The van der Waals surface area contributed by atoms with Gasteiger partial charge in [0.2, 0.25) is 0 Å². The third-order valence-electron chi connectivity index (χ3n) is 5.52. The van der Waals surface area contributed by atoms with E-state index in [0.29, 0.717) is 0 Å². The van der Waals surface area contributed by atoms with Crippen LogP contribution in [-0.4, -0.2) is 16.4 Å². The third kappa shape index (κ3) is 2.49. The number of benzene rings is 2. The molecule has 25 heavy (non-hydrogen) atoms. The molecule has 0 saturated heterocycles. The van der Waals surface area contributed by atoms with Crippen molar-refractivity contribution in [2.45, 2.75) is 43.9 Å². The average Bonchev–Trinajstić information content (AvgIpc) is 3.25. The van der Waals surface area contributed by atoms with Crippen molar-refractivity contribution in [3.63, 3.8) is 0 Å². The van der Waals surface area contributed by atoms with Gasteiger partial charge in [-0.05, 0) is 48.7 Å². The van der Waals surface area contributed by atoms with E-state index in [-0.39, 0.29) is 11.8 Å². The summed E-state index contributed by atoms with van der Waals surface area (Å²) in [6.07, 6.45) is 5.33. The van der Waals surface area contributed by atoms with Gasteiger partial charge in [0.05, 0.1) is 11.8 Å². The van der Waals surface area contributed by atoms with E-state index in [1.165, 1.54) is 18.4 Å². The second kappa shape index (κ2) is 5.75. The van der Waals surface area contributed by atoms with E-state index >= 15 is 0 Å². The Morgan fingerprint density at radius 2 is 1.88 bits per heavy atom. The van der Waals surface area contributed by atoms with Gasteiger partial charge in [0, 0.05) is 34.3 Å². The molecule has 2 heterocycles.